The van der Waals surface area contributed by atoms with Gasteiger partial charge in [-0.1, -0.05) is 47.1 Å². The van der Waals surface area contributed by atoms with E-state index in [-0.39, 0.29) is 46.4 Å². The van der Waals surface area contributed by atoms with Crippen LogP contribution in [-0.4, -0.2) is 51.0 Å². The molecule has 5 rings (SSSR count). The lowest BCUT2D eigenvalue weighted by Gasteiger charge is -2.70. The van der Waals surface area contributed by atoms with Crippen LogP contribution in [0, 0.1) is 50.2 Å². The Bertz CT molecular complexity index is 1020. The van der Waals surface area contributed by atoms with Gasteiger partial charge in [0, 0.05) is 11.3 Å². The fourth-order valence-corrected chi connectivity index (χ4v) is 10.6. The maximum atomic E-state index is 14.3. The van der Waals surface area contributed by atoms with Gasteiger partial charge in [0.2, 0.25) is 0 Å². The van der Waals surface area contributed by atoms with Crippen LogP contribution in [0.3, 0.4) is 0 Å². The maximum Gasteiger partial charge on any atom is 0.310 e. The largest absolute Gasteiger partial charge is 0.481 e. The standard InChI is InChI=1S/C30H46O6/c1-25(2)9-11-30(24(35)36)12-10-28(5)17(18(30)14-25)13-19(32)22-26(3)15-20(33)23(34)27(4,16-31)21(26)7-8-29(22,28)6/h13,18,20-23,31,33-34H,7-12,14-16H2,1-6H3,(H,35,36)/t18-,20+,21+,22+,23-,26-,27-,28+,29+,30-/m0/s1. The number of aliphatic hydroxyl groups excluding tert-OH is 3. The minimum absolute atomic E-state index is 0.0275. The summed E-state index contributed by atoms with van der Waals surface area (Å²) >= 11 is 0. The van der Waals surface area contributed by atoms with Gasteiger partial charge in [-0.15, -0.1) is 0 Å². The van der Waals surface area contributed by atoms with Gasteiger partial charge in [-0.2, -0.15) is 0 Å². The normalized spacial score (nSPS) is 53.9. The zero-order valence-corrected chi connectivity index (χ0v) is 22.9. The van der Waals surface area contributed by atoms with Crippen molar-refractivity contribution >= 4 is 11.8 Å². The van der Waals surface area contributed by atoms with Gasteiger partial charge in [-0.05, 0) is 90.9 Å². The van der Waals surface area contributed by atoms with E-state index in [4.69, 9.17) is 0 Å². The van der Waals surface area contributed by atoms with Crippen molar-refractivity contribution in [2.24, 2.45) is 50.2 Å². The summed E-state index contributed by atoms with van der Waals surface area (Å²) in [5, 5.41) is 42.7. The van der Waals surface area contributed by atoms with E-state index in [1.807, 2.05) is 13.0 Å². The first-order valence-corrected chi connectivity index (χ1v) is 14.0. The predicted octanol–water partition coefficient (Wildman–Crippen LogP) is 4.36. The average molecular weight is 503 g/mol. The zero-order valence-electron chi connectivity index (χ0n) is 22.9. The molecule has 4 saturated carbocycles. The predicted molar refractivity (Wildman–Crippen MR) is 136 cm³/mol. The summed E-state index contributed by atoms with van der Waals surface area (Å²) in [7, 11) is 0. The molecule has 0 aromatic carbocycles. The number of ketones is 1. The van der Waals surface area contributed by atoms with E-state index in [1.165, 1.54) is 0 Å². The second-order valence-electron chi connectivity index (χ2n) is 15.0. The van der Waals surface area contributed by atoms with E-state index in [0.717, 1.165) is 37.7 Å². The molecule has 0 aromatic rings. The number of carbonyl (C=O) groups excluding carboxylic acids is 1. The quantitative estimate of drug-likeness (QED) is 0.446. The third kappa shape index (κ3) is 3.01. The molecule has 0 bridgehead atoms. The van der Waals surface area contributed by atoms with Crippen molar-refractivity contribution in [2.45, 2.75) is 105 Å². The molecule has 0 saturated heterocycles. The Morgan fingerprint density at radius 2 is 1.61 bits per heavy atom. The van der Waals surface area contributed by atoms with Crippen molar-refractivity contribution in [2.75, 3.05) is 6.61 Å². The highest BCUT2D eigenvalue weighted by atomic mass is 16.4. The van der Waals surface area contributed by atoms with Gasteiger partial charge in [-0.25, -0.2) is 0 Å². The second kappa shape index (κ2) is 7.66. The van der Waals surface area contributed by atoms with Gasteiger partial charge >= 0.3 is 5.97 Å². The van der Waals surface area contributed by atoms with Crippen LogP contribution in [0.1, 0.15) is 92.9 Å². The Morgan fingerprint density at radius 1 is 0.972 bits per heavy atom. The summed E-state index contributed by atoms with van der Waals surface area (Å²) in [5.41, 5.74) is -1.87. The zero-order chi connectivity index (χ0) is 26.7. The SMILES string of the molecule is CC1(C)CC[C@]2(C(=O)O)CC[C@]3(C)C(=CC(=O)[C@@H]4[C@@]5(C)C[C@@H](O)[C@H](O)[C@@](C)(CO)[C@@H]5CC[C@]43C)[C@@H]2C1. The summed E-state index contributed by atoms with van der Waals surface area (Å²) in [4.78, 5) is 27.0. The molecule has 5 aliphatic rings. The van der Waals surface area contributed by atoms with Crippen molar-refractivity contribution < 1.29 is 30.0 Å². The first kappa shape index (κ1) is 26.4. The number of hydrogen-bond donors (Lipinski definition) is 4. The van der Waals surface area contributed by atoms with Crippen molar-refractivity contribution in [3.63, 3.8) is 0 Å². The molecule has 36 heavy (non-hydrogen) atoms. The molecule has 202 valence electrons. The molecule has 0 heterocycles. The number of carboxylic acids is 1. The second-order valence-corrected chi connectivity index (χ2v) is 15.0. The van der Waals surface area contributed by atoms with Crippen LogP contribution in [-0.2, 0) is 9.59 Å². The fraction of sp³-hybridized carbons (Fsp3) is 0.867. The minimum atomic E-state index is -1.03. The first-order valence-electron chi connectivity index (χ1n) is 14.0. The van der Waals surface area contributed by atoms with Gasteiger partial charge in [0.1, 0.15) is 0 Å². The van der Waals surface area contributed by atoms with E-state index in [2.05, 4.69) is 34.6 Å². The average Bonchev–Trinajstić information content (AvgIpc) is 2.78. The van der Waals surface area contributed by atoms with Crippen molar-refractivity contribution in [3.05, 3.63) is 11.6 Å². The molecule has 0 amide bonds. The Kier molecular flexibility index (Phi) is 5.61. The van der Waals surface area contributed by atoms with Gasteiger partial charge < -0.3 is 20.4 Å². The molecule has 6 heteroatoms. The number of carboxylic acid groups (broad SMARTS) is 1. The first-order chi connectivity index (χ1) is 16.5. The monoisotopic (exact) mass is 502 g/mol. The van der Waals surface area contributed by atoms with Gasteiger partial charge in [0.15, 0.2) is 5.78 Å². The van der Waals surface area contributed by atoms with Gasteiger partial charge in [-0.3, -0.25) is 9.59 Å². The lowest BCUT2D eigenvalue weighted by atomic mass is 9.33. The van der Waals surface area contributed by atoms with E-state index < -0.39 is 34.4 Å². The highest BCUT2D eigenvalue weighted by molar-refractivity contribution is 5.96. The Hall–Kier alpha value is -1.24. The minimum Gasteiger partial charge on any atom is -0.481 e. The van der Waals surface area contributed by atoms with E-state index in [0.29, 0.717) is 19.3 Å². The summed E-state index contributed by atoms with van der Waals surface area (Å²) in [6.07, 6.45) is 5.37. The molecule has 4 fully saturated rings. The van der Waals surface area contributed by atoms with Crippen LogP contribution in [0.4, 0.5) is 0 Å². The highest BCUT2D eigenvalue weighted by Crippen LogP contribution is 2.75. The topological polar surface area (TPSA) is 115 Å². The summed E-state index contributed by atoms with van der Waals surface area (Å²) in [6.45, 7) is 12.7. The third-order valence-corrected chi connectivity index (χ3v) is 12.9. The number of allylic oxidation sites excluding steroid dienone is 2. The van der Waals surface area contributed by atoms with Crippen LogP contribution in [0.5, 0.6) is 0 Å². The molecule has 0 radical (unpaired) electrons. The highest BCUT2D eigenvalue weighted by Gasteiger charge is 2.72. The molecular formula is C30H46O6. The number of carbonyl (C=O) groups is 2. The van der Waals surface area contributed by atoms with E-state index in [1.54, 1.807) is 0 Å². The van der Waals surface area contributed by atoms with E-state index >= 15 is 0 Å². The lowest BCUT2D eigenvalue weighted by molar-refractivity contribution is -0.239. The van der Waals surface area contributed by atoms with E-state index in [9.17, 15) is 30.0 Å². The van der Waals surface area contributed by atoms with Crippen LogP contribution >= 0.6 is 0 Å². The Labute approximate surface area is 215 Å². The number of hydrogen-bond acceptors (Lipinski definition) is 5. The molecule has 0 spiro atoms. The van der Waals surface area contributed by atoms with Crippen molar-refractivity contribution in [1.29, 1.82) is 0 Å². The van der Waals surface area contributed by atoms with Crippen LogP contribution in [0.15, 0.2) is 11.6 Å². The molecule has 0 aromatic heterocycles. The number of aliphatic carboxylic acids is 1. The molecule has 0 unspecified atom stereocenters. The van der Waals surface area contributed by atoms with Gasteiger partial charge in [0.05, 0.1) is 24.2 Å². The fourth-order valence-electron chi connectivity index (χ4n) is 10.6. The lowest BCUT2D eigenvalue weighted by Crippen LogP contribution is -2.69. The molecular weight excluding hydrogens is 456 g/mol. The number of aliphatic hydroxyl groups is 3. The summed E-state index contributed by atoms with van der Waals surface area (Å²) in [6, 6.07) is 0. The molecule has 0 aliphatic heterocycles. The van der Waals surface area contributed by atoms with Crippen LogP contribution < -0.4 is 0 Å². The number of fused-ring (bicyclic) bond motifs is 7. The van der Waals surface area contributed by atoms with Crippen LogP contribution in [0.25, 0.3) is 0 Å². The molecule has 5 aliphatic carbocycles. The smallest absolute Gasteiger partial charge is 0.310 e. The number of rotatable bonds is 2. The molecule has 6 nitrogen and oxygen atoms in total. The molecule has 10 atom stereocenters. The maximum absolute atomic E-state index is 14.3. The Balaban J connectivity index is 1.66. The summed E-state index contributed by atoms with van der Waals surface area (Å²) in [5.74, 6) is -1.26. The van der Waals surface area contributed by atoms with Crippen molar-refractivity contribution in [1.82, 2.24) is 0 Å². The van der Waals surface area contributed by atoms with Crippen LogP contribution in [0.2, 0.25) is 0 Å². The van der Waals surface area contributed by atoms with Gasteiger partial charge in [0.25, 0.3) is 0 Å². The molecule has 4 N–H and O–H groups in total. The Morgan fingerprint density at radius 3 is 2.22 bits per heavy atom. The third-order valence-electron chi connectivity index (χ3n) is 12.9. The summed E-state index contributed by atoms with van der Waals surface area (Å²) < 4.78 is 0. The van der Waals surface area contributed by atoms with Crippen molar-refractivity contribution in [3.8, 4) is 0 Å².